The Bertz CT molecular complexity index is 299. The first kappa shape index (κ1) is 12.6. The second-order valence-corrected chi connectivity index (χ2v) is 4.93. The predicted octanol–water partition coefficient (Wildman–Crippen LogP) is 2.27. The van der Waals surface area contributed by atoms with Gasteiger partial charge in [0.15, 0.2) is 0 Å². The molecule has 0 amide bonds. The van der Waals surface area contributed by atoms with E-state index in [2.05, 4.69) is 24.1 Å². The highest BCUT2D eigenvalue weighted by molar-refractivity contribution is 7.11. The van der Waals surface area contributed by atoms with E-state index in [4.69, 9.17) is 4.74 Å². The Morgan fingerprint density at radius 1 is 1.47 bits per heavy atom. The number of rotatable bonds is 6. The Kier molecular flexibility index (Phi) is 5.22. The van der Waals surface area contributed by atoms with Gasteiger partial charge in [0.05, 0.1) is 16.8 Å². The van der Waals surface area contributed by atoms with E-state index in [0.29, 0.717) is 0 Å². The van der Waals surface area contributed by atoms with Crippen LogP contribution in [0.5, 0.6) is 0 Å². The first-order valence-corrected chi connectivity index (χ1v) is 6.20. The van der Waals surface area contributed by atoms with Crippen molar-refractivity contribution in [3.8, 4) is 0 Å². The third-order valence-electron chi connectivity index (χ3n) is 2.17. The number of hydrogen-bond donors (Lipinski definition) is 1. The fourth-order valence-electron chi connectivity index (χ4n) is 1.47. The van der Waals surface area contributed by atoms with Crippen LogP contribution >= 0.6 is 11.3 Å². The fourth-order valence-corrected chi connectivity index (χ4v) is 2.38. The minimum absolute atomic E-state index is 0.282. The van der Waals surface area contributed by atoms with Crippen molar-refractivity contribution in [3.05, 3.63) is 15.6 Å². The molecule has 1 atom stereocenters. The predicted molar refractivity (Wildman–Crippen MR) is 64.4 cm³/mol. The zero-order chi connectivity index (χ0) is 11.3. The Hall–Kier alpha value is -0.450. The lowest BCUT2D eigenvalue weighted by molar-refractivity contribution is 0.0760. The number of nitrogens with one attached hydrogen (secondary N) is 1. The summed E-state index contributed by atoms with van der Waals surface area (Å²) in [5.41, 5.74) is 1.15. The summed E-state index contributed by atoms with van der Waals surface area (Å²) in [6, 6.07) is 0. The molecule has 0 fully saturated rings. The molecule has 0 aliphatic heterocycles. The highest BCUT2D eigenvalue weighted by Crippen LogP contribution is 2.16. The number of ether oxygens (including phenoxy) is 1. The van der Waals surface area contributed by atoms with Crippen LogP contribution in [0.15, 0.2) is 0 Å². The second-order valence-electron chi connectivity index (χ2n) is 3.64. The monoisotopic (exact) mass is 228 g/mol. The summed E-state index contributed by atoms with van der Waals surface area (Å²) in [5, 5.41) is 4.53. The lowest BCUT2D eigenvalue weighted by atomic mass is 10.3. The van der Waals surface area contributed by atoms with Crippen molar-refractivity contribution in [3.63, 3.8) is 0 Å². The molecule has 15 heavy (non-hydrogen) atoms. The van der Waals surface area contributed by atoms with Crippen molar-refractivity contribution in [2.75, 3.05) is 13.2 Å². The van der Waals surface area contributed by atoms with E-state index < -0.39 is 0 Å². The van der Waals surface area contributed by atoms with Crippen molar-refractivity contribution in [2.24, 2.45) is 0 Å². The molecule has 0 aromatic carbocycles. The lowest BCUT2D eigenvalue weighted by Crippen LogP contribution is -2.26. The van der Waals surface area contributed by atoms with Crippen LogP contribution in [0.3, 0.4) is 0 Å². The van der Waals surface area contributed by atoms with Gasteiger partial charge in [-0.1, -0.05) is 0 Å². The normalized spacial score (nSPS) is 13.1. The van der Waals surface area contributed by atoms with E-state index in [1.807, 2.05) is 13.8 Å². The third kappa shape index (κ3) is 4.28. The fraction of sp³-hybridized carbons (Fsp3) is 0.727. The summed E-state index contributed by atoms with van der Waals surface area (Å²) >= 11 is 1.76. The molecule has 3 nitrogen and oxygen atoms in total. The van der Waals surface area contributed by atoms with Crippen LogP contribution in [0.25, 0.3) is 0 Å². The Labute approximate surface area is 95.9 Å². The third-order valence-corrected chi connectivity index (χ3v) is 3.24. The number of thiazole rings is 1. The van der Waals surface area contributed by atoms with Crippen LogP contribution in [0.4, 0.5) is 0 Å². The van der Waals surface area contributed by atoms with Gasteiger partial charge < -0.3 is 10.1 Å². The SMILES string of the molecule is CCOC(C)CNCc1sc(C)nc1C. The van der Waals surface area contributed by atoms with Gasteiger partial charge in [-0.15, -0.1) is 11.3 Å². The summed E-state index contributed by atoms with van der Waals surface area (Å²) in [5.74, 6) is 0. The molecule has 0 aliphatic carbocycles. The van der Waals surface area contributed by atoms with E-state index in [9.17, 15) is 0 Å². The average Bonchev–Trinajstić information content (AvgIpc) is 2.46. The van der Waals surface area contributed by atoms with Gasteiger partial charge >= 0.3 is 0 Å². The minimum Gasteiger partial charge on any atom is -0.377 e. The van der Waals surface area contributed by atoms with Crippen LogP contribution in [0.2, 0.25) is 0 Å². The molecular formula is C11H20N2OS. The minimum atomic E-state index is 0.282. The highest BCUT2D eigenvalue weighted by Gasteiger charge is 2.05. The van der Waals surface area contributed by atoms with Gasteiger partial charge in [0.25, 0.3) is 0 Å². The van der Waals surface area contributed by atoms with E-state index in [-0.39, 0.29) is 6.10 Å². The molecule has 0 saturated heterocycles. The summed E-state index contributed by atoms with van der Waals surface area (Å²) in [6.45, 7) is 10.8. The molecule has 1 aromatic rings. The topological polar surface area (TPSA) is 34.1 Å². The molecule has 0 radical (unpaired) electrons. The smallest absolute Gasteiger partial charge is 0.0900 e. The van der Waals surface area contributed by atoms with Crippen LogP contribution in [0, 0.1) is 13.8 Å². The highest BCUT2D eigenvalue weighted by atomic mass is 32.1. The maximum atomic E-state index is 5.44. The van der Waals surface area contributed by atoms with Gasteiger partial charge in [-0.3, -0.25) is 0 Å². The number of aryl methyl sites for hydroxylation is 2. The number of nitrogens with zero attached hydrogens (tertiary/aromatic N) is 1. The Morgan fingerprint density at radius 2 is 2.20 bits per heavy atom. The maximum Gasteiger partial charge on any atom is 0.0900 e. The molecule has 0 bridgehead atoms. The van der Waals surface area contributed by atoms with Crippen LogP contribution in [-0.4, -0.2) is 24.2 Å². The molecule has 1 unspecified atom stereocenters. The van der Waals surface area contributed by atoms with Crippen LogP contribution in [0.1, 0.15) is 29.4 Å². The zero-order valence-corrected chi connectivity index (χ0v) is 10.8. The van der Waals surface area contributed by atoms with Gasteiger partial charge in [-0.05, 0) is 27.7 Å². The van der Waals surface area contributed by atoms with E-state index in [1.165, 1.54) is 4.88 Å². The quantitative estimate of drug-likeness (QED) is 0.811. The van der Waals surface area contributed by atoms with Gasteiger partial charge in [0, 0.05) is 24.6 Å². The molecule has 1 heterocycles. The van der Waals surface area contributed by atoms with Crippen molar-refractivity contribution >= 4 is 11.3 Å². The summed E-state index contributed by atoms with van der Waals surface area (Å²) < 4.78 is 5.44. The first-order chi connectivity index (χ1) is 7.13. The summed E-state index contributed by atoms with van der Waals surface area (Å²) in [6.07, 6.45) is 0.282. The van der Waals surface area contributed by atoms with Gasteiger partial charge in [0.2, 0.25) is 0 Å². The Morgan fingerprint density at radius 3 is 2.73 bits per heavy atom. The van der Waals surface area contributed by atoms with Crippen molar-refractivity contribution in [1.82, 2.24) is 10.3 Å². The molecular weight excluding hydrogens is 208 g/mol. The molecule has 1 N–H and O–H groups in total. The molecule has 1 rings (SSSR count). The first-order valence-electron chi connectivity index (χ1n) is 5.38. The van der Waals surface area contributed by atoms with Crippen LogP contribution < -0.4 is 5.32 Å². The molecule has 0 saturated carbocycles. The van der Waals surface area contributed by atoms with Gasteiger partial charge in [-0.2, -0.15) is 0 Å². The van der Waals surface area contributed by atoms with Crippen molar-refractivity contribution in [2.45, 2.75) is 40.3 Å². The van der Waals surface area contributed by atoms with E-state index in [1.54, 1.807) is 11.3 Å². The largest absolute Gasteiger partial charge is 0.377 e. The zero-order valence-electron chi connectivity index (χ0n) is 9.96. The average molecular weight is 228 g/mol. The standard InChI is InChI=1S/C11H20N2OS/c1-5-14-8(2)6-12-7-11-9(3)13-10(4)15-11/h8,12H,5-7H2,1-4H3. The van der Waals surface area contributed by atoms with E-state index in [0.717, 1.165) is 30.4 Å². The summed E-state index contributed by atoms with van der Waals surface area (Å²) in [4.78, 5) is 5.72. The Balaban J connectivity index is 2.28. The molecule has 0 spiro atoms. The molecule has 1 aromatic heterocycles. The molecule has 4 heteroatoms. The second kappa shape index (κ2) is 6.20. The number of hydrogen-bond acceptors (Lipinski definition) is 4. The molecule has 86 valence electrons. The van der Waals surface area contributed by atoms with E-state index >= 15 is 0 Å². The van der Waals surface area contributed by atoms with Gasteiger partial charge in [-0.25, -0.2) is 4.98 Å². The summed E-state index contributed by atoms with van der Waals surface area (Å²) in [7, 11) is 0. The maximum absolute atomic E-state index is 5.44. The van der Waals surface area contributed by atoms with Crippen LogP contribution in [-0.2, 0) is 11.3 Å². The van der Waals surface area contributed by atoms with Gasteiger partial charge in [0.1, 0.15) is 0 Å². The molecule has 0 aliphatic rings. The lowest BCUT2D eigenvalue weighted by Gasteiger charge is -2.11. The van der Waals surface area contributed by atoms with Crippen molar-refractivity contribution < 1.29 is 4.74 Å². The van der Waals surface area contributed by atoms with Crippen molar-refractivity contribution in [1.29, 1.82) is 0 Å². The number of aromatic nitrogens is 1.